The Balaban J connectivity index is 1.73. The number of ether oxygens (including phenoxy) is 1. The summed E-state index contributed by atoms with van der Waals surface area (Å²) in [5.74, 6) is 0.190. The van der Waals surface area contributed by atoms with Gasteiger partial charge >= 0.3 is 5.97 Å². The molecule has 0 aliphatic carbocycles. The van der Waals surface area contributed by atoms with E-state index in [1.54, 1.807) is 6.07 Å². The van der Waals surface area contributed by atoms with Crippen LogP contribution in [0.4, 0.5) is 0 Å². The standard InChI is InChI=1S/C11H9ClN2O3S2/c1-5-4-7(10(15)16-5)19-11-14-13-9(17-11)6-2-3-8(12)18-6/h2-3,5,7H,4H2,1H3/t5-,7-/m0/s1. The fraction of sp³-hybridized carbons (Fsp3) is 0.364. The first kappa shape index (κ1) is 13.0. The zero-order valence-corrected chi connectivity index (χ0v) is 12.2. The molecule has 2 atom stereocenters. The van der Waals surface area contributed by atoms with Crippen molar-refractivity contribution in [2.75, 3.05) is 0 Å². The van der Waals surface area contributed by atoms with Gasteiger partial charge in [-0.3, -0.25) is 4.79 Å². The SMILES string of the molecule is C[C@H]1C[C@H](Sc2nnc(-c3ccc(Cl)s3)o2)C(=O)O1. The molecule has 0 unspecified atom stereocenters. The second-order valence-corrected chi connectivity index (χ2v) is 6.94. The van der Waals surface area contributed by atoms with Gasteiger partial charge in [-0.05, 0) is 30.8 Å². The zero-order valence-electron chi connectivity index (χ0n) is 9.83. The number of nitrogens with zero attached hydrogens (tertiary/aromatic N) is 2. The third-order valence-electron chi connectivity index (χ3n) is 2.56. The van der Waals surface area contributed by atoms with Gasteiger partial charge in [-0.2, -0.15) is 0 Å². The van der Waals surface area contributed by atoms with Crippen molar-refractivity contribution in [1.82, 2.24) is 10.2 Å². The summed E-state index contributed by atoms with van der Waals surface area (Å²) in [5, 5.41) is 7.98. The van der Waals surface area contributed by atoms with Crippen LogP contribution >= 0.6 is 34.7 Å². The lowest BCUT2D eigenvalue weighted by Gasteiger charge is -1.98. The first-order chi connectivity index (χ1) is 9.11. The summed E-state index contributed by atoms with van der Waals surface area (Å²) in [6.45, 7) is 1.87. The summed E-state index contributed by atoms with van der Waals surface area (Å²) in [6.07, 6.45) is 0.606. The molecule has 100 valence electrons. The van der Waals surface area contributed by atoms with Crippen LogP contribution in [0.25, 0.3) is 10.8 Å². The van der Waals surface area contributed by atoms with Gasteiger partial charge < -0.3 is 9.15 Å². The van der Waals surface area contributed by atoms with Crippen LogP contribution < -0.4 is 0 Å². The Morgan fingerprint density at radius 1 is 1.47 bits per heavy atom. The quantitative estimate of drug-likeness (QED) is 0.810. The van der Waals surface area contributed by atoms with Crippen molar-refractivity contribution in [3.8, 4) is 10.8 Å². The number of rotatable bonds is 3. The van der Waals surface area contributed by atoms with E-state index in [0.29, 0.717) is 21.9 Å². The molecule has 1 aliphatic rings. The molecule has 0 aromatic carbocycles. The van der Waals surface area contributed by atoms with E-state index < -0.39 is 0 Å². The minimum absolute atomic E-state index is 0.0523. The lowest BCUT2D eigenvalue weighted by atomic mass is 10.3. The average molecular weight is 317 g/mol. The molecule has 1 fully saturated rings. The Hall–Kier alpha value is -1.05. The van der Waals surface area contributed by atoms with E-state index in [0.717, 1.165) is 4.88 Å². The molecule has 5 nitrogen and oxygen atoms in total. The highest BCUT2D eigenvalue weighted by Crippen LogP contribution is 2.35. The van der Waals surface area contributed by atoms with E-state index in [2.05, 4.69) is 10.2 Å². The Morgan fingerprint density at radius 3 is 2.95 bits per heavy atom. The molecule has 3 rings (SSSR count). The number of thioether (sulfide) groups is 1. The molecule has 1 aliphatic heterocycles. The van der Waals surface area contributed by atoms with Gasteiger partial charge in [-0.25, -0.2) is 0 Å². The smallest absolute Gasteiger partial charge is 0.320 e. The number of esters is 1. The van der Waals surface area contributed by atoms with Gasteiger partial charge in [0.1, 0.15) is 11.4 Å². The maximum atomic E-state index is 11.5. The highest BCUT2D eigenvalue weighted by Gasteiger charge is 2.34. The number of cyclic esters (lactones) is 1. The number of halogens is 1. The van der Waals surface area contributed by atoms with E-state index >= 15 is 0 Å². The number of carbonyl (C=O) groups excluding carboxylic acids is 1. The molecular formula is C11H9ClN2O3S2. The van der Waals surface area contributed by atoms with E-state index in [1.165, 1.54) is 23.1 Å². The molecule has 2 aromatic heterocycles. The van der Waals surface area contributed by atoms with Crippen molar-refractivity contribution in [3.05, 3.63) is 16.5 Å². The number of aromatic nitrogens is 2. The monoisotopic (exact) mass is 316 g/mol. The molecule has 0 amide bonds. The predicted molar refractivity (Wildman–Crippen MR) is 72.4 cm³/mol. The molecule has 0 radical (unpaired) electrons. The highest BCUT2D eigenvalue weighted by atomic mass is 35.5. The summed E-state index contributed by atoms with van der Waals surface area (Å²) in [4.78, 5) is 12.3. The Morgan fingerprint density at radius 2 is 2.32 bits per heavy atom. The predicted octanol–water partition coefficient (Wildman–Crippen LogP) is 3.25. The summed E-state index contributed by atoms with van der Waals surface area (Å²) in [5.41, 5.74) is 0. The van der Waals surface area contributed by atoms with Crippen LogP contribution in [0, 0.1) is 0 Å². The van der Waals surface area contributed by atoms with Crippen molar-refractivity contribution in [2.24, 2.45) is 0 Å². The molecule has 3 heterocycles. The van der Waals surface area contributed by atoms with Crippen LogP contribution in [0.1, 0.15) is 13.3 Å². The Bertz CT molecular complexity index is 613. The third kappa shape index (κ3) is 2.77. The van der Waals surface area contributed by atoms with Gasteiger partial charge in [0.2, 0.25) is 0 Å². The summed E-state index contributed by atoms with van der Waals surface area (Å²) in [7, 11) is 0. The molecule has 1 saturated heterocycles. The van der Waals surface area contributed by atoms with Crippen molar-refractivity contribution < 1.29 is 13.9 Å². The molecule has 0 saturated carbocycles. The number of hydrogen-bond donors (Lipinski definition) is 0. The molecule has 0 bridgehead atoms. The zero-order chi connectivity index (χ0) is 13.4. The average Bonchev–Trinajstić information content (AvgIpc) is 3.02. The maximum Gasteiger partial charge on any atom is 0.320 e. The van der Waals surface area contributed by atoms with Crippen LogP contribution in [0.2, 0.25) is 4.34 Å². The van der Waals surface area contributed by atoms with E-state index in [-0.39, 0.29) is 17.3 Å². The molecule has 0 spiro atoms. The van der Waals surface area contributed by atoms with Crippen LogP contribution in [-0.2, 0) is 9.53 Å². The van der Waals surface area contributed by atoms with Crippen molar-refractivity contribution in [1.29, 1.82) is 0 Å². The van der Waals surface area contributed by atoms with Crippen molar-refractivity contribution in [3.63, 3.8) is 0 Å². The molecule has 19 heavy (non-hydrogen) atoms. The largest absolute Gasteiger partial charge is 0.462 e. The van der Waals surface area contributed by atoms with Gasteiger partial charge in [0.25, 0.3) is 11.1 Å². The van der Waals surface area contributed by atoms with E-state index in [9.17, 15) is 4.79 Å². The maximum absolute atomic E-state index is 11.5. The topological polar surface area (TPSA) is 65.2 Å². The van der Waals surface area contributed by atoms with Crippen molar-refractivity contribution >= 4 is 40.7 Å². The lowest BCUT2D eigenvalue weighted by Crippen LogP contribution is -2.09. The lowest BCUT2D eigenvalue weighted by molar-refractivity contribution is -0.140. The first-order valence-electron chi connectivity index (χ1n) is 5.58. The second-order valence-electron chi connectivity index (χ2n) is 4.07. The van der Waals surface area contributed by atoms with Crippen molar-refractivity contribution in [2.45, 2.75) is 29.9 Å². The van der Waals surface area contributed by atoms with E-state index in [1.807, 2.05) is 13.0 Å². The normalized spacial score (nSPS) is 22.7. The molecular weight excluding hydrogens is 308 g/mol. The second kappa shape index (κ2) is 5.15. The van der Waals surface area contributed by atoms with Crippen LogP contribution in [0.3, 0.4) is 0 Å². The minimum atomic E-state index is -0.268. The van der Waals surface area contributed by atoms with Gasteiger partial charge in [-0.15, -0.1) is 21.5 Å². The number of carbonyl (C=O) groups is 1. The van der Waals surface area contributed by atoms with E-state index in [4.69, 9.17) is 20.8 Å². The summed E-state index contributed by atoms with van der Waals surface area (Å²) < 4.78 is 11.3. The fourth-order valence-electron chi connectivity index (χ4n) is 1.72. The Kier molecular flexibility index (Phi) is 3.51. The van der Waals surface area contributed by atoms with Crippen LogP contribution in [-0.4, -0.2) is 27.5 Å². The van der Waals surface area contributed by atoms with Gasteiger partial charge in [-0.1, -0.05) is 11.6 Å². The highest BCUT2D eigenvalue weighted by molar-refractivity contribution is 8.00. The number of thiophene rings is 1. The summed E-state index contributed by atoms with van der Waals surface area (Å²) in [6, 6.07) is 3.59. The van der Waals surface area contributed by atoms with Crippen LogP contribution in [0.15, 0.2) is 21.8 Å². The molecule has 0 N–H and O–H groups in total. The third-order valence-corrected chi connectivity index (χ3v) is 4.81. The molecule has 2 aromatic rings. The Labute approximate surface area is 122 Å². The first-order valence-corrected chi connectivity index (χ1v) is 7.65. The molecule has 8 heteroatoms. The summed E-state index contributed by atoms with van der Waals surface area (Å²) >= 11 is 8.46. The van der Waals surface area contributed by atoms with Gasteiger partial charge in [0, 0.05) is 6.42 Å². The fourth-order valence-corrected chi connectivity index (χ4v) is 3.67. The van der Waals surface area contributed by atoms with Gasteiger partial charge in [0.05, 0.1) is 9.21 Å². The van der Waals surface area contributed by atoms with Crippen LogP contribution in [0.5, 0.6) is 0 Å². The minimum Gasteiger partial charge on any atom is -0.462 e. The van der Waals surface area contributed by atoms with Gasteiger partial charge in [0.15, 0.2) is 0 Å². The number of hydrogen-bond acceptors (Lipinski definition) is 7.